The molecule has 0 spiro atoms. The molecule has 0 aromatic carbocycles. The molecule has 0 rings (SSSR count). The first-order chi connectivity index (χ1) is 0. The second kappa shape index (κ2) is 18.5. The Hall–Kier alpha value is 2.30. The summed E-state index contributed by atoms with van der Waals surface area (Å²) in [6.07, 6.45) is 0. The Morgan fingerprint density at radius 2 is 1.00 bits per heavy atom. The van der Waals surface area contributed by atoms with Gasteiger partial charge in [0.05, 0.1) is 0 Å². The summed E-state index contributed by atoms with van der Waals surface area (Å²) in [5, 5.41) is 0. The third-order valence-corrected chi connectivity index (χ3v) is 0. The quantitative estimate of drug-likeness (QED) is 0.417. The standard InChI is InChI=1S/Al.Cr.Fe.Ti.3H. The average molecular weight is 186 g/mol. The van der Waals surface area contributed by atoms with Gasteiger partial charge in [-0.05, 0) is 0 Å². The van der Waals surface area contributed by atoms with E-state index in [4.69, 9.17) is 0 Å². The van der Waals surface area contributed by atoms with E-state index < -0.39 is 0 Å². The summed E-state index contributed by atoms with van der Waals surface area (Å²) in [5.41, 5.74) is 0. The average Bonchev–Trinajstić information content (AvgIpc) is 0. The van der Waals surface area contributed by atoms with Crippen molar-refractivity contribution < 1.29 is 56.1 Å². The van der Waals surface area contributed by atoms with Gasteiger partial charge >= 0.3 is 0 Å². The molecular weight excluding hydrogens is 183 g/mol. The predicted molar refractivity (Wildman–Crippen MR) is 9.94 cm³/mol. The molecule has 0 bridgehead atoms. The summed E-state index contributed by atoms with van der Waals surface area (Å²) in [5.74, 6) is 0. The third-order valence-electron chi connectivity index (χ3n) is 0. The van der Waals surface area contributed by atoms with Crippen molar-refractivity contribution in [3.63, 3.8) is 0 Å². The zero-order valence-corrected chi connectivity index (χ0v) is 5.20. The van der Waals surface area contributed by atoms with Crippen LogP contribution in [0.1, 0.15) is 0 Å². The van der Waals surface area contributed by atoms with Crippen molar-refractivity contribution in [2.75, 3.05) is 0 Å². The summed E-state index contributed by atoms with van der Waals surface area (Å²) in [6.45, 7) is 0. The van der Waals surface area contributed by atoms with Gasteiger partial charge in [0.2, 0.25) is 0 Å². The van der Waals surface area contributed by atoms with Gasteiger partial charge in [0.25, 0.3) is 0 Å². The maximum absolute atomic E-state index is 0. The normalized spacial score (nSPS) is 0. The van der Waals surface area contributed by atoms with E-state index in [-0.39, 0.29) is 73.5 Å². The molecule has 0 amide bonds. The van der Waals surface area contributed by atoms with Crippen LogP contribution in [-0.2, 0) is 56.1 Å². The van der Waals surface area contributed by atoms with Crippen LogP contribution in [0.2, 0.25) is 0 Å². The van der Waals surface area contributed by atoms with E-state index >= 15 is 0 Å². The fourth-order valence-electron chi connectivity index (χ4n) is 0. The first-order valence-electron chi connectivity index (χ1n) is 0. The molecular formula is H3AlCrFeTi. The molecule has 4 heteroatoms. The molecule has 4 heavy (non-hydrogen) atoms. The molecule has 0 unspecified atom stereocenters. The van der Waals surface area contributed by atoms with E-state index in [0.29, 0.717) is 0 Å². The van der Waals surface area contributed by atoms with Gasteiger partial charge in [0, 0.05) is 56.1 Å². The minimum atomic E-state index is 0. The van der Waals surface area contributed by atoms with Crippen LogP contribution in [0.15, 0.2) is 0 Å². The Labute approximate surface area is 72.7 Å². The summed E-state index contributed by atoms with van der Waals surface area (Å²) >= 11 is 0. The van der Waals surface area contributed by atoms with Crippen molar-refractivity contribution in [3.05, 3.63) is 0 Å². The van der Waals surface area contributed by atoms with E-state index in [2.05, 4.69) is 0 Å². The first-order valence-corrected chi connectivity index (χ1v) is 0. The van der Waals surface area contributed by atoms with Gasteiger partial charge in [0.15, 0.2) is 17.4 Å². The summed E-state index contributed by atoms with van der Waals surface area (Å²) in [6, 6.07) is 0. The molecule has 0 saturated carbocycles. The molecule has 0 aliphatic carbocycles. The van der Waals surface area contributed by atoms with Crippen LogP contribution in [0.3, 0.4) is 0 Å². The molecule has 0 heterocycles. The molecule has 0 atom stereocenters. The smallest absolute Gasteiger partial charge is 0 e. The molecule has 0 aliphatic rings. The van der Waals surface area contributed by atoms with Gasteiger partial charge in [-0.3, -0.25) is 0 Å². The Bertz CT molecular complexity index is 8.00. The molecule has 0 aromatic rings. The monoisotopic (exact) mass is 186 g/mol. The second-order valence-electron chi connectivity index (χ2n) is 0. The van der Waals surface area contributed by atoms with Crippen molar-refractivity contribution in [1.82, 2.24) is 0 Å². The van der Waals surface area contributed by atoms with Crippen molar-refractivity contribution in [1.29, 1.82) is 0 Å². The van der Waals surface area contributed by atoms with Crippen LogP contribution in [0, 0.1) is 0 Å². The summed E-state index contributed by atoms with van der Waals surface area (Å²) in [7, 11) is 0. The van der Waals surface area contributed by atoms with Gasteiger partial charge < -0.3 is 0 Å². The molecule has 0 aromatic heterocycles. The fourth-order valence-corrected chi connectivity index (χ4v) is 0. The molecule has 0 saturated heterocycles. The van der Waals surface area contributed by atoms with Crippen molar-refractivity contribution in [2.24, 2.45) is 0 Å². The fraction of sp³-hybridized carbons (Fsp3) is 0. The zero-order valence-electron chi connectivity index (χ0n) is 1.26. The molecule has 0 radical (unpaired) electrons. The maximum atomic E-state index is 0. The van der Waals surface area contributed by atoms with E-state index in [9.17, 15) is 0 Å². The molecule has 0 nitrogen and oxygen atoms in total. The van der Waals surface area contributed by atoms with E-state index in [1.807, 2.05) is 0 Å². The zero-order chi connectivity index (χ0) is 0. The summed E-state index contributed by atoms with van der Waals surface area (Å²) < 4.78 is 0. The van der Waals surface area contributed by atoms with E-state index in [1.165, 1.54) is 0 Å². The summed E-state index contributed by atoms with van der Waals surface area (Å²) in [4.78, 5) is 0. The Morgan fingerprint density at radius 3 is 1.00 bits per heavy atom. The minimum Gasteiger partial charge on any atom is 0 e. The molecule has 24 valence electrons. The Morgan fingerprint density at radius 1 is 1.00 bits per heavy atom. The van der Waals surface area contributed by atoms with Gasteiger partial charge in [-0.15, -0.1) is 0 Å². The maximum Gasteiger partial charge on any atom is 0.187 e. The SMILES string of the molecule is [AlH3].[Cr].[Fe].[Ti]. The Kier molecular flexibility index (Phi) is 155. The molecule has 0 fully saturated rings. The van der Waals surface area contributed by atoms with Gasteiger partial charge in [-0.25, -0.2) is 0 Å². The number of hydrogen-bond donors (Lipinski definition) is 0. The van der Waals surface area contributed by atoms with Gasteiger partial charge in [-0.2, -0.15) is 0 Å². The number of hydrogen-bond acceptors (Lipinski definition) is 0. The van der Waals surface area contributed by atoms with Crippen LogP contribution < -0.4 is 0 Å². The van der Waals surface area contributed by atoms with Crippen molar-refractivity contribution in [3.8, 4) is 0 Å². The first kappa shape index (κ1) is 33.5. The molecule has 0 N–H and O–H groups in total. The van der Waals surface area contributed by atoms with Crippen LogP contribution >= 0.6 is 0 Å². The van der Waals surface area contributed by atoms with Gasteiger partial charge in [-0.1, -0.05) is 0 Å². The van der Waals surface area contributed by atoms with E-state index in [1.54, 1.807) is 0 Å². The van der Waals surface area contributed by atoms with Crippen LogP contribution in [-0.4, -0.2) is 17.4 Å². The number of rotatable bonds is 0. The van der Waals surface area contributed by atoms with Crippen molar-refractivity contribution >= 4 is 17.4 Å². The topological polar surface area (TPSA) is 0 Å². The van der Waals surface area contributed by atoms with Gasteiger partial charge in [0.1, 0.15) is 0 Å². The van der Waals surface area contributed by atoms with Crippen molar-refractivity contribution in [2.45, 2.75) is 0 Å². The van der Waals surface area contributed by atoms with Crippen LogP contribution in [0.5, 0.6) is 0 Å². The van der Waals surface area contributed by atoms with Crippen LogP contribution in [0.4, 0.5) is 0 Å². The Balaban J connectivity index is 0. The largest absolute Gasteiger partial charge is 0.187 e. The second-order valence-corrected chi connectivity index (χ2v) is 0. The van der Waals surface area contributed by atoms with Crippen LogP contribution in [0.25, 0.3) is 0 Å². The minimum absolute atomic E-state index is 0. The predicted octanol–water partition coefficient (Wildman–Crippen LogP) is -1.19. The molecule has 0 aliphatic heterocycles. The van der Waals surface area contributed by atoms with E-state index in [0.717, 1.165) is 0 Å². The third kappa shape index (κ3) is 8.85.